The molecule has 1 aliphatic rings. The number of thiocarbonyl (C=S) groups is 1. The first kappa shape index (κ1) is 17.6. The number of nitrogens with zero attached hydrogens (tertiary/aromatic N) is 1. The van der Waals surface area contributed by atoms with E-state index in [9.17, 15) is 9.18 Å². The maximum Gasteiger partial charge on any atom is 0.266 e. The molecule has 128 valence electrons. The minimum atomic E-state index is -0.262. The van der Waals surface area contributed by atoms with Crippen molar-refractivity contribution in [3.05, 3.63) is 70.4 Å². The zero-order valence-electron chi connectivity index (χ0n) is 13.6. The molecule has 3 rings (SSSR count). The standard InChI is InChI=1S/C19H16FNO2S2/c1-2-21-18(22)17(25-19(21)24)11-13-5-9-16(10-6-13)23-12-14-3-7-15(20)8-4-14/h3-11H,2,12H2,1H3. The van der Waals surface area contributed by atoms with Gasteiger partial charge >= 0.3 is 0 Å². The second-order valence-corrected chi connectivity index (χ2v) is 7.09. The van der Waals surface area contributed by atoms with Crippen LogP contribution in [0, 0.1) is 5.82 Å². The maximum atomic E-state index is 12.9. The minimum absolute atomic E-state index is 0.0471. The molecule has 0 aromatic heterocycles. The molecule has 0 N–H and O–H groups in total. The van der Waals surface area contributed by atoms with Crippen LogP contribution in [0.1, 0.15) is 18.1 Å². The predicted molar refractivity (Wildman–Crippen MR) is 103 cm³/mol. The Balaban J connectivity index is 1.64. The van der Waals surface area contributed by atoms with E-state index in [0.29, 0.717) is 28.1 Å². The van der Waals surface area contributed by atoms with Gasteiger partial charge in [-0.25, -0.2) is 4.39 Å². The largest absolute Gasteiger partial charge is 0.489 e. The van der Waals surface area contributed by atoms with Gasteiger partial charge < -0.3 is 4.74 Å². The van der Waals surface area contributed by atoms with E-state index >= 15 is 0 Å². The van der Waals surface area contributed by atoms with Gasteiger partial charge in [-0.3, -0.25) is 9.69 Å². The van der Waals surface area contributed by atoms with Crippen molar-refractivity contribution in [3.8, 4) is 5.75 Å². The maximum absolute atomic E-state index is 12.9. The van der Waals surface area contributed by atoms with Crippen LogP contribution < -0.4 is 4.74 Å². The van der Waals surface area contributed by atoms with E-state index < -0.39 is 0 Å². The Kier molecular flexibility index (Phi) is 5.50. The van der Waals surface area contributed by atoms with Gasteiger partial charge in [0.05, 0.1) is 4.91 Å². The van der Waals surface area contributed by atoms with Crippen molar-refractivity contribution in [3.63, 3.8) is 0 Å². The van der Waals surface area contributed by atoms with Crippen LogP contribution in [-0.2, 0) is 11.4 Å². The SMILES string of the molecule is CCN1C(=O)C(=Cc2ccc(OCc3ccc(F)cc3)cc2)SC1=S. The molecule has 25 heavy (non-hydrogen) atoms. The molecule has 0 saturated carbocycles. The average molecular weight is 373 g/mol. The molecule has 1 aliphatic heterocycles. The van der Waals surface area contributed by atoms with Crippen LogP contribution in [0.15, 0.2) is 53.4 Å². The van der Waals surface area contributed by atoms with Crippen LogP contribution in [0.25, 0.3) is 6.08 Å². The molecule has 1 heterocycles. The molecule has 2 aromatic rings. The number of benzene rings is 2. The van der Waals surface area contributed by atoms with Crippen molar-refractivity contribution in [1.29, 1.82) is 0 Å². The lowest BCUT2D eigenvalue weighted by atomic mass is 10.2. The van der Waals surface area contributed by atoms with Gasteiger partial charge in [0, 0.05) is 6.54 Å². The first-order chi connectivity index (χ1) is 12.1. The Bertz CT molecular complexity index is 816. The number of hydrogen-bond acceptors (Lipinski definition) is 4. The lowest BCUT2D eigenvalue weighted by Gasteiger charge is -2.09. The third-order valence-corrected chi connectivity index (χ3v) is 5.06. The van der Waals surface area contributed by atoms with E-state index in [4.69, 9.17) is 17.0 Å². The number of halogens is 1. The second-order valence-electron chi connectivity index (χ2n) is 5.41. The summed E-state index contributed by atoms with van der Waals surface area (Å²) in [6.45, 7) is 2.86. The van der Waals surface area contributed by atoms with Crippen molar-refractivity contribution in [1.82, 2.24) is 4.90 Å². The van der Waals surface area contributed by atoms with Gasteiger partial charge in [0.2, 0.25) is 0 Å². The number of likely N-dealkylation sites (N-methyl/N-ethyl adjacent to an activating group) is 1. The summed E-state index contributed by atoms with van der Waals surface area (Å²) in [5.74, 6) is 0.401. The Morgan fingerprint density at radius 2 is 1.84 bits per heavy atom. The minimum Gasteiger partial charge on any atom is -0.489 e. The number of rotatable bonds is 5. The molecule has 1 amide bonds. The van der Waals surface area contributed by atoms with E-state index in [1.54, 1.807) is 17.0 Å². The fourth-order valence-corrected chi connectivity index (χ4v) is 3.72. The monoisotopic (exact) mass is 373 g/mol. The topological polar surface area (TPSA) is 29.5 Å². The van der Waals surface area contributed by atoms with Crippen molar-refractivity contribution in [2.45, 2.75) is 13.5 Å². The van der Waals surface area contributed by atoms with Gasteiger partial charge in [0.15, 0.2) is 0 Å². The number of amides is 1. The highest BCUT2D eigenvalue weighted by Gasteiger charge is 2.30. The molecule has 0 radical (unpaired) electrons. The summed E-state index contributed by atoms with van der Waals surface area (Å²) >= 11 is 6.52. The van der Waals surface area contributed by atoms with Crippen LogP contribution in [-0.4, -0.2) is 21.7 Å². The molecule has 0 unspecified atom stereocenters. The van der Waals surface area contributed by atoms with Gasteiger partial charge in [0.25, 0.3) is 5.91 Å². The molecule has 0 atom stereocenters. The third-order valence-electron chi connectivity index (χ3n) is 3.69. The Morgan fingerprint density at radius 1 is 1.16 bits per heavy atom. The lowest BCUT2D eigenvalue weighted by molar-refractivity contribution is -0.121. The summed E-state index contributed by atoms with van der Waals surface area (Å²) in [6.07, 6.45) is 1.83. The fraction of sp³-hybridized carbons (Fsp3) is 0.158. The normalized spacial score (nSPS) is 15.9. The molecule has 3 nitrogen and oxygen atoms in total. The summed E-state index contributed by atoms with van der Waals surface area (Å²) in [4.78, 5) is 14.4. The average Bonchev–Trinajstić information content (AvgIpc) is 2.88. The van der Waals surface area contributed by atoms with Gasteiger partial charge in [-0.1, -0.05) is 48.2 Å². The summed E-state index contributed by atoms with van der Waals surface area (Å²) in [5, 5.41) is 0. The number of ether oxygens (including phenoxy) is 1. The summed E-state index contributed by atoms with van der Waals surface area (Å²) in [5.41, 5.74) is 1.81. The summed E-state index contributed by atoms with van der Waals surface area (Å²) < 4.78 is 19.2. The summed E-state index contributed by atoms with van der Waals surface area (Å²) in [6, 6.07) is 13.7. The van der Waals surface area contributed by atoms with Gasteiger partial charge in [-0.2, -0.15) is 0 Å². The van der Waals surface area contributed by atoms with Crippen LogP contribution in [0.2, 0.25) is 0 Å². The zero-order chi connectivity index (χ0) is 17.8. The Morgan fingerprint density at radius 3 is 2.44 bits per heavy atom. The lowest BCUT2D eigenvalue weighted by Crippen LogP contribution is -2.27. The number of carbonyl (C=O) groups is 1. The first-order valence-corrected chi connectivity index (χ1v) is 9.02. The van der Waals surface area contributed by atoms with Crippen molar-refractivity contribution in [2.75, 3.05) is 6.54 Å². The van der Waals surface area contributed by atoms with Crippen molar-refractivity contribution < 1.29 is 13.9 Å². The van der Waals surface area contributed by atoms with E-state index in [2.05, 4.69) is 0 Å². The smallest absolute Gasteiger partial charge is 0.266 e. The number of carbonyl (C=O) groups excluding carboxylic acids is 1. The Hall–Kier alpha value is -2.18. The molecule has 0 bridgehead atoms. The first-order valence-electron chi connectivity index (χ1n) is 7.79. The van der Waals surface area contributed by atoms with Gasteiger partial charge in [-0.15, -0.1) is 0 Å². The van der Waals surface area contributed by atoms with Crippen LogP contribution in [0.5, 0.6) is 5.75 Å². The molecule has 0 spiro atoms. The van der Waals surface area contributed by atoms with Crippen LogP contribution in [0.3, 0.4) is 0 Å². The van der Waals surface area contributed by atoms with E-state index in [1.165, 1.54) is 23.9 Å². The third kappa shape index (κ3) is 4.27. The highest BCUT2D eigenvalue weighted by atomic mass is 32.2. The molecule has 2 aromatic carbocycles. The number of thioether (sulfide) groups is 1. The zero-order valence-corrected chi connectivity index (χ0v) is 15.2. The highest BCUT2D eigenvalue weighted by molar-refractivity contribution is 8.26. The molecular formula is C19H16FNO2S2. The highest BCUT2D eigenvalue weighted by Crippen LogP contribution is 2.32. The van der Waals surface area contributed by atoms with Crippen molar-refractivity contribution in [2.24, 2.45) is 0 Å². The second kappa shape index (κ2) is 7.80. The predicted octanol–water partition coefficient (Wildman–Crippen LogP) is 4.63. The Labute approximate surface area is 155 Å². The number of hydrogen-bond donors (Lipinski definition) is 0. The summed E-state index contributed by atoms with van der Waals surface area (Å²) in [7, 11) is 0. The molecular weight excluding hydrogens is 357 g/mol. The molecule has 0 aliphatic carbocycles. The van der Waals surface area contributed by atoms with Gasteiger partial charge in [-0.05, 0) is 48.4 Å². The van der Waals surface area contributed by atoms with Crippen molar-refractivity contribution >= 4 is 40.3 Å². The van der Waals surface area contributed by atoms with Crippen LogP contribution in [0.4, 0.5) is 4.39 Å². The van der Waals surface area contributed by atoms with E-state index in [1.807, 2.05) is 37.3 Å². The quantitative estimate of drug-likeness (QED) is 0.565. The molecule has 1 saturated heterocycles. The molecule has 6 heteroatoms. The molecule has 1 fully saturated rings. The van der Waals surface area contributed by atoms with E-state index in [0.717, 1.165) is 11.1 Å². The fourth-order valence-electron chi connectivity index (χ4n) is 2.33. The van der Waals surface area contributed by atoms with Gasteiger partial charge in [0.1, 0.15) is 22.5 Å². The van der Waals surface area contributed by atoms with E-state index in [-0.39, 0.29) is 11.7 Å². The van der Waals surface area contributed by atoms with Crippen LogP contribution >= 0.6 is 24.0 Å².